The van der Waals surface area contributed by atoms with Crippen molar-refractivity contribution in [2.45, 2.75) is 33.1 Å². The van der Waals surface area contributed by atoms with Crippen LogP contribution >= 0.6 is 23.2 Å². The van der Waals surface area contributed by atoms with E-state index in [1.165, 1.54) is 11.1 Å². The zero-order valence-corrected chi connectivity index (χ0v) is 9.54. The van der Waals surface area contributed by atoms with Gasteiger partial charge in [0.05, 0.1) is 0 Å². The SMILES string of the molecule is CCCc1c(Cl)ccc(Cl)c1CC. The molecule has 0 nitrogen and oxygen atoms in total. The standard InChI is InChI=1S/C11H14Cl2/c1-3-5-9-8(4-2)10(12)6-7-11(9)13/h6-7H,3-5H2,1-2H3. The summed E-state index contributed by atoms with van der Waals surface area (Å²) in [5.74, 6) is 0. The van der Waals surface area contributed by atoms with Crippen LogP contribution in [0.5, 0.6) is 0 Å². The van der Waals surface area contributed by atoms with Crippen molar-refractivity contribution in [2.24, 2.45) is 0 Å². The highest BCUT2D eigenvalue weighted by molar-refractivity contribution is 6.34. The van der Waals surface area contributed by atoms with Gasteiger partial charge in [-0.25, -0.2) is 0 Å². The molecule has 1 rings (SSSR count). The predicted molar refractivity (Wildman–Crippen MR) is 59.8 cm³/mol. The Morgan fingerprint density at radius 3 is 2.00 bits per heavy atom. The zero-order chi connectivity index (χ0) is 9.84. The van der Waals surface area contributed by atoms with Gasteiger partial charge in [-0.1, -0.05) is 43.5 Å². The molecule has 1 aromatic rings. The van der Waals surface area contributed by atoms with E-state index < -0.39 is 0 Å². The molecule has 0 fully saturated rings. The van der Waals surface area contributed by atoms with Crippen LogP contribution < -0.4 is 0 Å². The number of rotatable bonds is 3. The Labute approximate surface area is 89.9 Å². The van der Waals surface area contributed by atoms with Gasteiger partial charge in [0.2, 0.25) is 0 Å². The van der Waals surface area contributed by atoms with Gasteiger partial charge in [0.25, 0.3) is 0 Å². The fraction of sp³-hybridized carbons (Fsp3) is 0.455. The van der Waals surface area contributed by atoms with E-state index in [2.05, 4.69) is 13.8 Å². The minimum Gasteiger partial charge on any atom is -0.0840 e. The molecule has 0 aliphatic carbocycles. The lowest BCUT2D eigenvalue weighted by molar-refractivity contribution is 0.900. The molecule has 0 heterocycles. The Hall–Kier alpha value is -0.200. The van der Waals surface area contributed by atoms with E-state index in [1.54, 1.807) is 0 Å². The first-order chi connectivity index (χ1) is 6.20. The van der Waals surface area contributed by atoms with Gasteiger partial charge >= 0.3 is 0 Å². The molecule has 2 heteroatoms. The summed E-state index contributed by atoms with van der Waals surface area (Å²) in [5.41, 5.74) is 2.43. The van der Waals surface area contributed by atoms with Gasteiger partial charge in [-0.15, -0.1) is 0 Å². The molecule has 1 aromatic carbocycles. The molecule has 0 bridgehead atoms. The third-order valence-electron chi connectivity index (χ3n) is 2.17. The average Bonchev–Trinajstić information content (AvgIpc) is 2.12. The van der Waals surface area contributed by atoms with Crippen molar-refractivity contribution in [3.8, 4) is 0 Å². The van der Waals surface area contributed by atoms with E-state index in [4.69, 9.17) is 23.2 Å². The monoisotopic (exact) mass is 216 g/mol. The lowest BCUT2D eigenvalue weighted by Crippen LogP contribution is -1.94. The number of benzene rings is 1. The molecule has 0 aromatic heterocycles. The first-order valence-corrected chi connectivity index (χ1v) is 5.42. The summed E-state index contributed by atoms with van der Waals surface area (Å²) >= 11 is 12.2. The first kappa shape index (κ1) is 10.9. The number of halogens is 2. The van der Waals surface area contributed by atoms with Crippen molar-refractivity contribution < 1.29 is 0 Å². The maximum atomic E-state index is 6.10. The van der Waals surface area contributed by atoms with Gasteiger partial charge in [0.1, 0.15) is 0 Å². The Morgan fingerprint density at radius 2 is 1.54 bits per heavy atom. The van der Waals surface area contributed by atoms with Crippen molar-refractivity contribution >= 4 is 23.2 Å². The van der Waals surface area contributed by atoms with Crippen molar-refractivity contribution in [3.63, 3.8) is 0 Å². The maximum Gasteiger partial charge on any atom is 0.0441 e. The summed E-state index contributed by atoms with van der Waals surface area (Å²) in [5, 5.41) is 1.69. The van der Waals surface area contributed by atoms with Crippen LogP contribution in [0.1, 0.15) is 31.4 Å². The molecule has 0 spiro atoms. The Balaban J connectivity index is 3.18. The fourth-order valence-corrected chi connectivity index (χ4v) is 2.12. The van der Waals surface area contributed by atoms with Crippen molar-refractivity contribution in [2.75, 3.05) is 0 Å². The molecule has 0 aliphatic heterocycles. The summed E-state index contributed by atoms with van der Waals surface area (Å²) in [6.07, 6.45) is 3.07. The maximum absolute atomic E-state index is 6.10. The second-order valence-electron chi connectivity index (χ2n) is 3.09. The largest absolute Gasteiger partial charge is 0.0840 e. The van der Waals surface area contributed by atoms with E-state index in [0.29, 0.717) is 0 Å². The van der Waals surface area contributed by atoms with Gasteiger partial charge in [-0.05, 0) is 36.1 Å². The third-order valence-corrected chi connectivity index (χ3v) is 2.88. The van der Waals surface area contributed by atoms with Crippen LogP contribution in [-0.4, -0.2) is 0 Å². The summed E-state index contributed by atoms with van der Waals surface area (Å²) in [4.78, 5) is 0. The lowest BCUT2D eigenvalue weighted by Gasteiger charge is -2.10. The van der Waals surface area contributed by atoms with Crippen LogP contribution in [0.25, 0.3) is 0 Å². The highest BCUT2D eigenvalue weighted by atomic mass is 35.5. The normalized spacial score (nSPS) is 10.5. The molecule has 0 unspecified atom stereocenters. The fourth-order valence-electron chi connectivity index (χ4n) is 1.54. The Morgan fingerprint density at radius 1 is 1.00 bits per heavy atom. The molecular weight excluding hydrogens is 203 g/mol. The Kier molecular flexibility index (Phi) is 4.08. The molecule has 0 radical (unpaired) electrons. The van der Waals surface area contributed by atoms with E-state index in [9.17, 15) is 0 Å². The second kappa shape index (κ2) is 4.88. The minimum absolute atomic E-state index is 0.843. The van der Waals surface area contributed by atoms with Crippen LogP contribution in [0.4, 0.5) is 0 Å². The minimum atomic E-state index is 0.843. The summed E-state index contributed by atoms with van der Waals surface area (Å²) in [7, 11) is 0. The molecule has 72 valence electrons. The van der Waals surface area contributed by atoms with Gasteiger partial charge < -0.3 is 0 Å². The highest BCUT2D eigenvalue weighted by Gasteiger charge is 2.08. The molecule has 0 saturated heterocycles. The molecule has 0 aliphatic rings. The van der Waals surface area contributed by atoms with E-state index in [0.717, 1.165) is 29.3 Å². The highest BCUT2D eigenvalue weighted by Crippen LogP contribution is 2.28. The average molecular weight is 217 g/mol. The molecule has 0 amide bonds. The Bertz CT molecular complexity index is 292. The number of hydrogen-bond acceptors (Lipinski definition) is 0. The second-order valence-corrected chi connectivity index (χ2v) is 3.90. The predicted octanol–water partition coefficient (Wildman–Crippen LogP) is 4.51. The first-order valence-electron chi connectivity index (χ1n) is 4.66. The number of hydrogen-bond donors (Lipinski definition) is 0. The molecule has 0 N–H and O–H groups in total. The van der Waals surface area contributed by atoms with Gasteiger partial charge in [0, 0.05) is 10.0 Å². The quantitative estimate of drug-likeness (QED) is 0.698. The van der Waals surface area contributed by atoms with E-state index >= 15 is 0 Å². The van der Waals surface area contributed by atoms with E-state index in [1.807, 2.05) is 12.1 Å². The lowest BCUT2D eigenvalue weighted by atomic mass is 10.0. The van der Waals surface area contributed by atoms with Crippen LogP contribution in [0.2, 0.25) is 10.0 Å². The zero-order valence-electron chi connectivity index (χ0n) is 8.03. The molecule has 0 atom stereocenters. The molecule has 0 saturated carbocycles. The van der Waals surface area contributed by atoms with Crippen molar-refractivity contribution in [3.05, 3.63) is 33.3 Å². The topological polar surface area (TPSA) is 0 Å². The van der Waals surface area contributed by atoms with Crippen LogP contribution in [-0.2, 0) is 12.8 Å². The van der Waals surface area contributed by atoms with Gasteiger partial charge in [-0.3, -0.25) is 0 Å². The summed E-state index contributed by atoms with van der Waals surface area (Å²) < 4.78 is 0. The van der Waals surface area contributed by atoms with Crippen molar-refractivity contribution in [1.82, 2.24) is 0 Å². The van der Waals surface area contributed by atoms with E-state index in [-0.39, 0.29) is 0 Å². The van der Waals surface area contributed by atoms with Crippen LogP contribution in [0.15, 0.2) is 12.1 Å². The van der Waals surface area contributed by atoms with Gasteiger partial charge in [0.15, 0.2) is 0 Å². The molecule has 13 heavy (non-hydrogen) atoms. The molecular formula is C11H14Cl2. The summed E-state index contributed by atoms with van der Waals surface area (Å²) in [6.45, 7) is 4.26. The van der Waals surface area contributed by atoms with Crippen LogP contribution in [0, 0.1) is 0 Å². The third kappa shape index (κ3) is 2.38. The van der Waals surface area contributed by atoms with Crippen LogP contribution in [0.3, 0.4) is 0 Å². The van der Waals surface area contributed by atoms with Crippen molar-refractivity contribution in [1.29, 1.82) is 0 Å². The van der Waals surface area contributed by atoms with Gasteiger partial charge in [-0.2, -0.15) is 0 Å². The summed E-state index contributed by atoms with van der Waals surface area (Å²) in [6, 6.07) is 3.76. The smallest absolute Gasteiger partial charge is 0.0441 e.